The van der Waals surface area contributed by atoms with Crippen molar-refractivity contribution in [3.05, 3.63) is 34.2 Å². The molecule has 2 aromatic rings. The van der Waals surface area contributed by atoms with Crippen molar-refractivity contribution in [3.8, 4) is 0 Å². The minimum atomic E-state index is 0.309. The largest absolute Gasteiger partial charge is 0.354 e. The predicted molar refractivity (Wildman–Crippen MR) is 86.7 cm³/mol. The molecule has 2 heterocycles. The van der Waals surface area contributed by atoms with Gasteiger partial charge in [0.15, 0.2) is 0 Å². The zero-order valence-corrected chi connectivity index (χ0v) is 13.4. The number of nitrogens with zero attached hydrogens (tertiary/aromatic N) is 3. The summed E-state index contributed by atoms with van der Waals surface area (Å²) in [5.41, 5.74) is 0.985. The van der Waals surface area contributed by atoms with Gasteiger partial charge in [0.25, 0.3) is 0 Å². The lowest BCUT2D eigenvalue weighted by molar-refractivity contribution is 0.739. The van der Waals surface area contributed by atoms with Crippen LogP contribution in [0.2, 0.25) is 0 Å². The number of thiophene rings is 1. The Morgan fingerprint density at radius 2 is 2.20 bits per heavy atom. The third kappa shape index (κ3) is 3.48. The van der Waals surface area contributed by atoms with Crippen molar-refractivity contribution < 1.29 is 0 Å². The summed E-state index contributed by atoms with van der Waals surface area (Å²) in [6, 6.07) is 6.59. The molecule has 20 heavy (non-hydrogen) atoms. The van der Waals surface area contributed by atoms with E-state index in [4.69, 9.17) is 0 Å². The van der Waals surface area contributed by atoms with Gasteiger partial charge in [-0.05, 0) is 31.7 Å². The van der Waals surface area contributed by atoms with Crippen LogP contribution < -0.4 is 10.2 Å². The van der Waals surface area contributed by atoms with E-state index in [0.717, 1.165) is 24.5 Å². The number of aromatic nitrogens is 2. The van der Waals surface area contributed by atoms with Crippen molar-refractivity contribution in [1.29, 1.82) is 0 Å². The molecule has 2 aromatic heterocycles. The Kier molecular flexibility index (Phi) is 4.95. The van der Waals surface area contributed by atoms with E-state index < -0.39 is 0 Å². The first-order valence-electron chi connectivity index (χ1n) is 6.97. The first kappa shape index (κ1) is 14.8. The molecule has 0 radical (unpaired) electrons. The number of nitrogens with one attached hydrogen (secondary N) is 1. The lowest BCUT2D eigenvalue weighted by Gasteiger charge is -2.25. The fourth-order valence-electron chi connectivity index (χ4n) is 1.97. The van der Waals surface area contributed by atoms with Crippen LogP contribution in [0.15, 0.2) is 23.6 Å². The fourth-order valence-corrected chi connectivity index (χ4v) is 2.79. The van der Waals surface area contributed by atoms with Crippen LogP contribution in [0.4, 0.5) is 11.8 Å². The maximum Gasteiger partial charge on any atom is 0.224 e. The summed E-state index contributed by atoms with van der Waals surface area (Å²) in [7, 11) is 2.08. The van der Waals surface area contributed by atoms with E-state index >= 15 is 0 Å². The van der Waals surface area contributed by atoms with Gasteiger partial charge in [-0.1, -0.05) is 13.0 Å². The highest BCUT2D eigenvalue weighted by atomic mass is 32.1. The normalized spacial score (nSPS) is 12.2. The number of hydrogen-bond acceptors (Lipinski definition) is 5. The quantitative estimate of drug-likeness (QED) is 0.877. The molecule has 2 rings (SSSR count). The van der Waals surface area contributed by atoms with Gasteiger partial charge in [-0.3, -0.25) is 0 Å². The van der Waals surface area contributed by atoms with Gasteiger partial charge in [-0.2, -0.15) is 4.98 Å². The fraction of sp³-hybridized carbons (Fsp3) is 0.467. The second-order valence-electron chi connectivity index (χ2n) is 4.92. The van der Waals surface area contributed by atoms with E-state index in [9.17, 15) is 0 Å². The summed E-state index contributed by atoms with van der Waals surface area (Å²) in [6.07, 6.45) is 1.06. The zero-order chi connectivity index (χ0) is 14.5. The van der Waals surface area contributed by atoms with E-state index in [1.54, 1.807) is 11.3 Å². The molecule has 0 amide bonds. The van der Waals surface area contributed by atoms with E-state index in [-0.39, 0.29) is 0 Å². The number of rotatable bonds is 6. The zero-order valence-electron chi connectivity index (χ0n) is 12.6. The molecule has 108 valence electrons. The average molecular weight is 290 g/mol. The number of hydrogen-bond donors (Lipinski definition) is 1. The summed E-state index contributed by atoms with van der Waals surface area (Å²) in [4.78, 5) is 12.6. The first-order chi connectivity index (χ1) is 9.61. The molecule has 0 aliphatic rings. The first-order valence-corrected chi connectivity index (χ1v) is 7.85. The van der Waals surface area contributed by atoms with Crippen molar-refractivity contribution in [2.24, 2.45) is 0 Å². The van der Waals surface area contributed by atoms with E-state index in [0.29, 0.717) is 12.0 Å². The monoisotopic (exact) mass is 290 g/mol. The minimum Gasteiger partial charge on any atom is -0.354 e. The van der Waals surface area contributed by atoms with Crippen LogP contribution in [0.1, 0.15) is 36.9 Å². The molecular formula is C15H22N4S. The number of anilines is 2. The molecule has 5 heteroatoms. The molecule has 0 bridgehead atoms. The Bertz CT molecular complexity index is 539. The summed E-state index contributed by atoms with van der Waals surface area (Å²) in [5.74, 6) is 1.67. The predicted octanol–water partition coefficient (Wildman–Crippen LogP) is 3.87. The van der Waals surface area contributed by atoms with Gasteiger partial charge >= 0.3 is 0 Å². The Labute approximate surface area is 124 Å². The molecule has 1 N–H and O–H groups in total. The molecule has 1 unspecified atom stereocenters. The molecule has 0 aliphatic carbocycles. The third-order valence-corrected chi connectivity index (χ3v) is 4.31. The van der Waals surface area contributed by atoms with Crippen molar-refractivity contribution >= 4 is 23.1 Å². The third-order valence-electron chi connectivity index (χ3n) is 3.27. The van der Waals surface area contributed by atoms with Crippen LogP contribution in [0.5, 0.6) is 0 Å². The van der Waals surface area contributed by atoms with Crippen molar-refractivity contribution in [1.82, 2.24) is 9.97 Å². The Balaban J connectivity index is 2.20. The molecule has 0 aliphatic heterocycles. The SMILES string of the molecule is CCCNc1nc(C)cc(N(C)C(C)c2cccs2)n1. The Hall–Kier alpha value is -1.62. The van der Waals surface area contributed by atoms with Crippen LogP contribution in [-0.4, -0.2) is 23.6 Å². The summed E-state index contributed by atoms with van der Waals surface area (Å²) >= 11 is 1.78. The number of aryl methyl sites for hydroxylation is 1. The second-order valence-corrected chi connectivity index (χ2v) is 5.90. The van der Waals surface area contributed by atoms with Crippen LogP contribution in [0.3, 0.4) is 0 Å². The van der Waals surface area contributed by atoms with Gasteiger partial charge < -0.3 is 10.2 Å². The maximum atomic E-state index is 4.61. The molecular weight excluding hydrogens is 268 g/mol. The van der Waals surface area contributed by atoms with E-state index in [1.165, 1.54) is 4.88 Å². The molecule has 0 aromatic carbocycles. The molecule has 0 fully saturated rings. The lowest BCUT2D eigenvalue weighted by atomic mass is 10.2. The van der Waals surface area contributed by atoms with Gasteiger partial charge in [0.05, 0.1) is 6.04 Å². The average Bonchev–Trinajstić information content (AvgIpc) is 2.97. The smallest absolute Gasteiger partial charge is 0.224 e. The van der Waals surface area contributed by atoms with Crippen molar-refractivity contribution in [3.63, 3.8) is 0 Å². The van der Waals surface area contributed by atoms with Crippen LogP contribution in [-0.2, 0) is 0 Å². The van der Waals surface area contributed by atoms with Crippen molar-refractivity contribution in [2.45, 2.75) is 33.2 Å². The van der Waals surface area contributed by atoms with Gasteiger partial charge in [-0.25, -0.2) is 4.98 Å². The topological polar surface area (TPSA) is 41.1 Å². The standard InChI is InChI=1S/C15H22N4S/c1-5-8-16-15-17-11(2)10-14(18-15)19(4)12(3)13-7-6-9-20-13/h6-7,9-10,12H,5,8H2,1-4H3,(H,16,17,18). The summed E-state index contributed by atoms with van der Waals surface area (Å²) < 4.78 is 0. The highest BCUT2D eigenvalue weighted by Crippen LogP contribution is 2.27. The summed E-state index contributed by atoms with van der Waals surface area (Å²) in [6.45, 7) is 7.23. The highest BCUT2D eigenvalue weighted by molar-refractivity contribution is 7.10. The van der Waals surface area contributed by atoms with Gasteiger partial charge in [0.1, 0.15) is 5.82 Å². The molecule has 1 atom stereocenters. The lowest BCUT2D eigenvalue weighted by Crippen LogP contribution is -2.22. The van der Waals surface area contributed by atoms with E-state index in [1.807, 2.05) is 13.0 Å². The van der Waals surface area contributed by atoms with Gasteiger partial charge in [-0.15, -0.1) is 11.3 Å². The highest BCUT2D eigenvalue weighted by Gasteiger charge is 2.15. The van der Waals surface area contributed by atoms with E-state index in [2.05, 4.69) is 58.6 Å². The van der Waals surface area contributed by atoms with Gasteiger partial charge in [0.2, 0.25) is 5.95 Å². The minimum absolute atomic E-state index is 0.309. The van der Waals surface area contributed by atoms with Crippen LogP contribution >= 0.6 is 11.3 Å². The summed E-state index contributed by atoms with van der Waals surface area (Å²) in [5, 5.41) is 5.37. The molecule has 4 nitrogen and oxygen atoms in total. The van der Waals surface area contributed by atoms with Gasteiger partial charge in [0, 0.05) is 30.2 Å². The Morgan fingerprint density at radius 1 is 1.40 bits per heavy atom. The van der Waals surface area contributed by atoms with Crippen LogP contribution in [0, 0.1) is 6.92 Å². The Morgan fingerprint density at radius 3 is 2.85 bits per heavy atom. The second kappa shape index (κ2) is 6.70. The molecule has 0 spiro atoms. The maximum absolute atomic E-state index is 4.61. The molecule has 0 saturated carbocycles. The van der Waals surface area contributed by atoms with Crippen LogP contribution in [0.25, 0.3) is 0 Å². The van der Waals surface area contributed by atoms with Crippen molar-refractivity contribution in [2.75, 3.05) is 23.8 Å². The molecule has 0 saturated heterocycles.